The quantitative estimate of drug-likeness (QED) is 0.736. The number of aryl methyl sites for hydroxylation is 1. The standard InChI is InChI=1S/C22H24N4O3/c1-14-3-5-16(6-4-14)15(2)22(28)26-11-9-17(10-12-26)20-24-21(29-25-20)18-7-8-19(27)23-13-18/h3-8,13,15,17H,9-12H2,1-2H3,(H,23,27)/t15-/m1/s1. The fourth-order valence-electron chi connectivity index (χ4n) is 3.69. The molecule has 1 atom stereocenters. The molecule has 150 valence electrons. The number of hydrogen-bond acceptors (Lipinski definition) is 5. The van der Waals surface area contributed by atoms with E-state index in [1.54, 1.807) is 12.3 Å². The highest BCUT2D eigenvalue weighted by Gasteiger charge is 2.29. The van der Waals surface area contributed by atoms with Crippen molar-refractivity contribution in [2.24, 2.45) is 0 Å². The fraction of sp³-hybridized carbons (Fsp3) is 0.364. The highest BCUT2D eigenvalue weighted by molar-refractivity contribution is 5.83. The molecule has 0 bridgehead atoms. The smallest absolute Gasteiger partial charge is 0.259 e. The van der Waals surface area contributed by atoms with Crippen LogP contribution in [0.1, 0.15) is 48.6 Å². The number of nitrogens with one attached hydrogen (secondary N) is 1. The Morgan fingerprint density at radius 3 is 2.55 bits per heavy atom. The van der Waals surface area contributed by atoms with Crippen LogP contribution in [0.15, 0.2) is 51.9 Å². The van der Waals surface area contributed by atoms with Gasteiger partial charge in [0.25, 0.3) is 5.89 Å². The summed E-state index contributed by atoms with van der Waals surface area (Å²) in [5.41, 5.74) is 2.75. The average Bonchev–Trinajstić information content (AvgIpc) is 3.24. The number of benzene rings is 1. The molecule has 3 aromatic rings. The van der Waals surface area contributed by atoms with Gasteiger partial charge in [0.2, 0.25) is 11.5 Å². The van der Waals surface area contributed by atoms with Crippen molar-refractivity contribution in [3.63, 3.8) is 0 Å². The second-order valence-electron chi connectivity index (χ2n) is 7.63. The summed E-state index contributed by atoms with van der Waals surface area (Å²) < 4.78 is 5.36. The number of carbonyl (C=O) groups excluding carboxylic acids is 1. The van der Waals surface area contributed by atoms with Crippen LogP contribution in [-0.2, 0) is 4.79 Å². The number of aromatic nitrogens is 3. The van der Waals surface area contributed by atoms with E-state index in [1.807, 2.05) is 43.0 Å². The van der Waals surface area contributed by atoms with Crippen LogP contribution in [0.3, 0.4) is 0 Å². The van der Waals surface area contributed by atoms with E-state index in [4.69, 9.17) is 4.52 Å². The lowest BCUT2D eigenvalue weighted by atomic mass is 9.93. The third kappa shape index (κ3) is 4.13. The second kappa shape index (κ2) is 8.03. The van der Waals surface area contributed by atoms with Crippen LogP contribution in [0.2, 0.25) is 0 Å². The van der Waals surface area contributed by atoms with Gasteiger partial charge in [-0.1, -0.05) is 35.0 Å². The number of hydrogen-bond donors (Lipinski definition) is 1. The first-order valence-corrected chi connectivity index (χ1v) is 9.89. The summed E-state index contributed by atoms with van der Waals surface area (Å²) >= 11 is 0. The molecule has 1 saturated heterocycles. The van der Waals surface area contributed by atoms with Gasteiger partial charge in [0.15, 0.2) is 5.82 Å². The minimum absolute atomic E-state index is 0.149. The molecule has 7 nitrogen and oxygen atoms in total. The lowest BCUT2D eigenvalue weighted by Gasteiger charge is -2.32. The summed E-state index contributed by atoms with van der Waals surface area (Å²) in [6, 6.07) is 11.2. The number of carbonyl (C=O) groups is 1. The normalized spacial score (nSPS) is 16.0. The van der Waals surface area contributed by atoms with Crippen molar-refractivity contribution < 1.29 is 9.32 Å². The summed E-state index contributed by atoms with van der Waals surface area (Å²) in [5.74, 6) is 1.22. The summed E-state index contributed by atoms with van der Waals surface area (Å²) in [5, 5.41) is 4.12. The Kier molecular flexibility index (Phi) is 5.29. The summed E-state index contributed by atoms with van der Waals surface area (Å²) in [6.07, 6.45) is 3.17. The molecule has 0 aliphatic carbocycles. The van der Waals surface area contributed by atoms with E-state index in [2.05, 4.69) is 15.1 Å². The number of likely N-dealkylation sites (tertiary alicyclic amines) is 1. The first-order chi connectivity index (χ1) is 14.0. The Hall–Kier alpha value is -3.22. The van der Waals surface area contributed by atoms with Crippen molar-refractivity contribution in [2.45, 2.75) is 38.5 Å². The van der Waals surface area contributed by atoms with E-state index in [0.29, 0.717) is 30.4 Å². The van der Waals surface area contributed by atoms with Gasteiger partial charge in [-0.2, -0.15) is 4.98 Å². The molecule has 0 spiro atoms. The molecule has 3 heterocycles. The number of piperidine rings is 1. The molecule has 1 aromatic carbocycles. The second-order valence-corrected chi connectivity index (χ2v) is 7.63. The lowest BCUT2D eigenvalue weighted by molar-refractivity contribution is -0.133. The molecule has 29 heavy (non-hydrogen) atoms. The maximum absolute atomic E-state index is 12.9. The topological polar surface area (TPSA) is 92.1 Å². The molecule has 1 N–H and O–H groups in total. The highest BCUT2D eigenvalue weighted by Crippen LogP contribution is 2.29. The lowest BCUT2D eigenvalue weighted by Crippen LogP contribution is -2.40. The highest BCUT2D eigenvalue weighted by atomic mass is 16.5. The minimum atomic E-state index is -0.176. The number of amides is 1. The first-order valence-electron chi connectivity index (χ1n) is 9.89. The van der Waals surface area contributed by atoms with Crippen molar-refractivity contribution >= 4 is 5.91 Å². The molecular formula is C22H24N4O3. The Bertz CT molecular complexity index is 1030. The van der Waals surface area contributed by atoms with Crippen LogP contribution in [-0.4, -0.2) is 39.0 Å². The Morgan fingerprint density at radius 1 is 1.17 bits per heavy atom. The third-order valence-electron chi connectivity index (χ3n) is 5.59. The van der Waals surface area contributed by atoms with Crippen LogP contribution < -0.4 is 5.56 Å². The fourth-order valence-corrected chi connectivity index (χ4v) is 3.69. The van der Waals surface area contributed by atoms with Gasteiger partial charge in [-0.15, -0.1) is 0 Å². The van der Waals surface area contributed by atoms with Gasteiger partial charge in [0.1, 0.15) is 0 Å². The van der Waals surface area contributed by atoms with Crippen molar-refractivity contribution in [1.82, 2.24) is 20.0 Å². The van der Waals surface area contributed by atoms with Crippen LogP contribution in [0.25, 0.3) is 11.5 Å². The molecular weight excluding hydrogens is 368 g/mol. The SMILES string of the molecule is Cc1ccc([C@@H](C)C(=O)N2CCC(c3noc(-c4ccc(=O)[nH]c4)n3)CC2)cc1. The third-order valence-corrected chi connectivity index (χ3v) is 5.59. The molecule has 7 heteroatoms. The predicted molar refractivity (Wildman–Crippen MR) is 109 cm³/mol. The predicted octanol–water partition coefficient (Wildman–Crippen LogP) is 3.24. The van der Waals surface area contributed by atoms with Crippen LogP contribution in [0, 0.1) is 6.92 Å². The zero-order valence-electron chi connectivity index (χ0n) is 16.6. The van der Waals surface area contributed by atoms with Crippen molar-refractivity contribution in [1.29, 1.82) is 0 Å². The number of H-pyrrole nitrogens is 1. The molecule has 1 amide bonds. The zero-order chi connectivity index (χ0) is 20.4. The maximum atomic E-state index is 12.9. The minimum Gasteiger partial charge on any atom is -0.342 e. The molecule has 2 aromatic heterocycles. The van der Waals surface area contributed by atoms with E-state index >= 15 is 0 Å². The summed E-state index contributed by atoms with van der Waals surface area (Å²) in [7, 11) is 0. The molecule has 0 saturated carbocycles. The van der Waals surface area contributed by atoms with E-state index in [9.17, 15) is 9.59 Å². The van der Waals surface area contributed by atoms with E-state index < -0.39 is 0 Å². The Morgan fingerprint density at radius 2 is 1.90 bits per heavy atom. The van der Waals surface area contributed by atoms with E-state index in [0.717, 1.165) is 18.4 Å². The molecule has 1 aliphatic rings. The largest absolute Gasteiger partial charge is 0.342 e. The number of pyridine rings is 1. The monoisotopic (exact) mass is 392 g/mol. The van der Waals surface area contributed by atoms with Crippen molar-refractivity contribution in [2.75, 3.05) is 13.1 Å². The molecule has 4 rings (SSSR count). The molecule has 0 unspecified atom stereocenters. The first kappa shape index (κ1) is 19.1. The summed E-state index contributed by atoms with van der Waals surface area (Å²) in [6.45, 7) is 5.38. The van der Waals surface area contributed by atoms with Gasteiger partial charge < -0.3 is 14.4 Å². The molecule has 1 aliphatic heterocycles. The van der Waals surface area contributed by atoms with E-state index in [-0.39, 0.29) is 23.3 Å². The molecule has 0 radical (unpaired) electrons. The van der Waals surface area contributed by atoms with Gasteiger partial charge in [-0.25, -0.2) is 0 Å². The number of nitrogens with zero attached hydrogens (tertiary/aromatic N) is 3. The summed E-state index contributed by atoms with van der Waals surface area (Å²) in [4.78, 5) is 33.1. The molecule has 1 fully saturated rings. The van der Waals surface area contributed by atoms with Gasteiger partial charge in [-0.05, 0) is 38.3 Å². The number of rotatable bonds is 4. The number of aromatic amines is 1. The van der Waals surface area contributed by atoms with Crippen molar-refractivity contribution in [3.8, 4) is 11.5 Å². The average molecular weight is 392 g/mol. The van der Waals surface area contributed by atoms with Crippen LogP contribution in [0.5, 0.6) is 0 Å². The Labute approximate surface area is 168 Å². The van der Waals surface area contributed by atoms with Gasteiger partial charge >= 0.3 is 0 Å². The van der Waals surface area contributed by atoms with Crippen molar-refractivity contribution in [3.05, 3.63) is 69.9 Å². The van der Waals surface area contributed by atoms with Crippen LogP contribution in [0.4, 0.5) is 0 Å². The van der Waals surface area contributed by atoms with Gasteiger partial charge in [0.05, 0.1) is 11.5 Å². The zero-order valence-corrected chi connectivity index (χ0v) is 16.6. The van der Waals surface area contributed by atoms with Gasteiger partial charge in [-0.3, -0.25) is 9.59 Å². The maximum Gasteiger partial charge on any atom is 0.259 e. The van der Waals surface area contributed by atoms with Gasteiger partial charge in [0, 0.05) is 31.3 Å². The Balaban J connectivity index is 1.38. The van der Waals surface area contributed by atoms with E-state index in [1.165, 1.54) is 11.6 Å². The van der Waals surface area contributed by atoms with Crippen LogP contribution >= 0.6 is 0 Å².